The SMILES string of the molecule is NC(=O)CN1CCC(NC(=O)C2CCN(S(=O)(=O)c3cc(Cl)ccc3Cl)CC2)CC1. The Morgan fingerprint density at radius 3 is 2.30 bits per heavy atom. The summed E-state index contributed by atoms with van der Waals surface area (Å²) in [4.78, 5) is 25.6. The molecule has 0 radical (unpaired) electrons. The van der Waals surface area contributed by atoms with Crippen molar-refractivity contribution in [1.82, 2.24) is 14.5 Å². The molecule has 2 aliphatic rings. The molecule has 2 fully saturated rings. The number of nitrogens with one attached hydrogen (secondary N) is 1. The Hall–Kier alpha value is -1.39. The molecule has 0 unspecified atom stereocenters. The van der Waals surface area contributed by atoms with E-state index in [1.807, 2.05) is 4.90 Å². The van der Waals surface area contributed by atoms with E-state index in [1.54, 1.807) is 0 Å². The van der Waals surface area contributed by atoms with Crippen LogP contribution in [0.4, 0.5) is 0 Å². The van der Waals surface area contributed by atoms with Gasteiger partial charge >= 0.3 is 0 Å². The first-order chi connectivity index (χ1) is 14.2. The van der Waals surface area contributed by atoms with E-state index in [9.17, 15) is 18.0 Å². The van der Waals surface area contributed by atoms with Crippen LogP contribution < -0.4 is 11.1 Å². The Morgan fingerprint density at radius 1 is 1.07 bits per heavy atom. The van der Waals surface area contributed by atoms with Crippen molar-refractivity contribution in [3.05, 3.63) is 28.2 Å². The van der Waals surface area contributed by atoms with Gasteiger partial charge in [0.15, 0.2) is 0 Å². The maximum absolute atomic E-state index is 12.9. The first-order valence-corrected chi connectivity index (χ1v) is 12.1. The Kier molecular flexibility index (Phi) is 7.62. The number of carbonyl (C=O) groups is 2. The van der Waals surface area contributed by atoms with Gasteiger partial charge in [0.2, 0.25) is 21.8 Å². The number of likely N-dealkylation sites (tertiary alicyclic amines) is 1. The highest BCUT2D eigenvalue weighted by molar-refractivity contribution is 7.89. The molecule has 2 saturated heterocycles. The first-order valence-electron chi connectivity index (χ1n) is 9.93. The highest BCUT2D eigenvalue weighted by Crippen LogP contribution is 2.30. The molecule has 0 aliphatic carbocycles. The van der Waals surface area contributed by atoms with Crippen LogP contribution in [0.3, 0.4) is 0 Å². The van der Waals surface area contributed by atoms with Crippen LogP contribution in [0.5, 0.6) is 0 Å². The Balaban J connectivity index is 1.51. The predicted molar refractivity (Wildman–Crippen MR) is 115 cm³/mol. The van der Waals surface area contributed by atoms with Crippen molar-refractivity contribution in [2.45, 2.75) is 36.6 Å². The van der Waals surface area contributed by atoms with Gasteiger partial charge in [-0.05, 0) is 43.9 Å². The van der Waals surface area contributed by atoms with Crippen LogP contribution in [-0.4, -0.2) is 68.2 Å². The highest BCUT2D eigenvalue weighted by Gasteiger charge is 2.34. The van der Waals surface area contributed by atoms with E-state index < -0.39 is 10.0 Å². The molecule has 1 aromatic carbocycles. The molecular formula is C19H26Cl2N4O4S. The third-order valence-corrected chi connectivity index (χ3v) is 8.26. The summed E-state index contributed by atoms with van der Waals surface area (Å²) in [6, 6.07) is 4.42. The van der Waals surface area contributed by atoms with Crippen molar-refractivity contribution in [2.75, 3.05) is 32.7 Å². The van der Waals surface area contributed by atoms with Crippen LogP contribution in [0.1, 0.15) is 25.7 Å². The van der Waals surface area contributed by atoms with Crippen LogP contribution in [0.2, 0.25) is 10.0 Å². The third-order valence-electron chi connectivity index (χ3n) is 5.65. The maximum atomic E-state index is 12.9. The summed E-state index contributed by atoms with van der Waals surface area (Å²) in [5.74, 6) is -0.616. The van der Waals surface area contributed by atoms with Gasteiger partial charge in [0.1, 0.15) is 4.90 Å². The molecule has 0 aromatic heterocycles. The minimum absolute atomic E-state index is 0.0118. The quantitative estimate of drug-likeness (QED) is 0.644. The summed E-state index contributed by atoms with van der Waals surface area (Å²) in [5.41, 5.74) is 5.22. The second-order valence-electron chi connectivity index (χ2n) is 7.78. The number of piperidine rings is 2. The summed E-state index contributed by atoms with van der Waals surface area (Å²) in [5, 5.41) is 3.50. The average Bonchev–Trinajstić information content (AvgIpc) is 2.71. The monoisotopic (exact) mass is 476 g/mol. The van der Waals surface area contributed by atoms with Gasteiger partial charge in [-0.15, -0.1) is 0 Å². The number of halogens is 2. The number of carbonyl (C=O) groups excluding carboxylic acids is 2. The number of sulfonamides is 1. The lowest BCUT2D eigenvalue weighted by atomic mass is 9.96. The molecule has 11 heteroatoms. The van der Waals surface area contributed by atoms with Crippen molar-refractivity contribution in [2.24, 2.45) is 11.7 Å². The molecule has 3 rings (SSSR count). The van der Waals surface area contributed by atoms with E-state index in [1.165, 1.54) is 22.5 Å². The smallest absolute Gasteiger partial charge is 0.244 e. The number of rotatable bonds is 6. The van der Waals surface area contributed by atoms with E-state index >= 15 is 0 Å². The highest BCUT2D eigenvalue weighted by atomic mass is 35.5. The number of amides is 2. The Labute approximate surface area is 186 Å². The van der Waals surface area contributed by atoms with Crippen LogP contribution >= 0.6 is 23.2 Å². The van der Waals surface area contributed by atoms with E-state index in [0.29, 0.717) is 31.0 Å². The average molecular weight is 477 g/mol. The Bertz CT molecular complexity index is 896. The second kappa shape index (κ2) is 9.82. The largest absolute Gasteiger partial charge is 0.369 e. The number of primary amides is 1. The van der Waals surface area contributed by atoms with Crippen molar-refractivity contribution in [1.29, 1.82) is 0 Å². The minimum atomic E-state index is -3.77. The zero-order valence-corrected chi connectivity index (χ0v) is 18.8. The van der Waals surface area contributed by atoms with Gasteiger partial charge in [-0.3, -0.25) is 14.5 Å². The Morgan fingerprint density at radius 2 is 1.70 bits per heavy atom. The molecule has 0 spiro atoms. The lowest BCUT2D eigenvalue weighted by Crippen LogP contribution is -2.49. The number of hydrogen-bond donors (Lipinski definition) is 2. The number of benzene rings is 1. The zero-order valence-electron chi connectivity index (χ0n) is 16.5. The zero-order chi connectivity index (χ0) is 21.9. The van der Waals surface area contributed by atoms with Crippen LogP contribution in [-0.2, 0) is 19.6 Å². The minimum Gasteiger partial charge on any atom is -0.369 e. The lowest BCUT2D eigenvalue weighted by Gasteiger charge is -2.34. The fraction of sp³-hybridized carbons (Fsp3) is 0.579. The number of nitrogens with zero attached hydrogens (tertiary/aromatic N) is 2. The molecule has 30 heavy (non-hydrogen) atoms. The molecule has 8 nitrogen and oxygen atoms in total. The second-order valence-corrected chi connectivity index (χ2v) is 10.5. The van der Waals surface area contributed by atoms with Gasteiger partial charge in [-0.25, -0.2) is 8.42 Å². The van der Waals surface area contributed by atoms with Crippen LogP contribution in [0.25, 0.3) is 0 Å². The lowest BCUT2D eigenvalue weighted by molar-refractivity contribution is -0.127. The fourth-order valence-corrected chi connectivity index (χ4v) is 6.15. The van der Waals surface area contributed by atoms with Gasteiger partial charge in [0.25, 0.3) is 0 Å². The normalized spacial score (nSPS) is 20.2. The maximum Gasteiger partial charge on any atom is 0.244 e. The number of hydrogen-bond acceptors (Lipinski definition) is 5. The van der Waals surface area contributed by atoms with Crippen LogP contribution in [0.15, 0.2) is 23.1 Å². The molecule has 1 aromatic rings. The van der Waals surface area contributed by atoms with E-state index in [2.05, 4.69) is 5.32 Å². The van der Waals surface area contributed by atoms with Gasteiger partial charge in [-0.1, -0.05) is 23.2 Å². The first kappa shape index (κ1) is 23.3. The van der Waals surface area contributed by atoms with E-state index in [4.69, 9.17) is 28.9 Å². The molecule has 2 heterocycles. The number of nitrogens with two attached hydrogens (primary N) is 1. The summed E-state index contributed by atoms with van der Waals surface area (Å²) in [7, 11) is -3.77. The molecule has 2 aliphatic heterocycles. The van der Waals surface area contributed by atoms with E-state index in [-0.39, 0.29) is 53.3 Å². The van der Waals surface area contributed by atoms with Crippen LogP contribution in [0, 0.1) is 5.92 Å². The molecule has 2 amide bonds. The van der Waals surface area contributed by atoms with Gasteiger partial charge in [0.05, 0.1) is 11.6 Å². The molecule has 166 valence electrons. The summed E-state index contributed by atoms with van der Waals surface area (Å²) in [6.07, 6.45) is 2.42. The molecule has 0 bridgehead atoms. The fourth-order valence-electron chi connectivity index (χ4n) is 3.95. The molecule has 0 atom stereocenters. The standard InChI is InChI=1S/C19H26Cl2N4O4S/c20-14-1-2-16(21)17(11-14)30(28,29)25-9-3-13(4-10-25)19(27)23-15-5-7-24(8-6-15)12-18(22)26/h1-2,11,13,15H,3-10,12H2,(H2,22,26)(H,23,27). The van der Waals surface area contributed by atoms with Gasteiger partial charge < -0.3 is 11.1 Å². The van der Waals surface area contributed by atoms with Crippen molar-refractivity contribution in [3.63, 3.8) is 0 Å². The van der Waals surface area contributed by atoms with Crippen molar-refractivity contribution >= 4 is 45.0 Å². The predicted octanol–water partition coefficient (Wildman–Crippen LogP) is 1.46. The molecule has 3 N–H and O–H groups in total. The topological polar surface area (TPSA) is 113 Å². The third kappa shape index (κ3) is 5.64. The molecule has 0 saturated carbocycles. The van der Waals surface area contributed by atoms with E-state index in [0.717, 1.165) is 12.8 Å². The van der Waals surface area contributed by atoms with Crippen molar-refractivity contribution in [3.8, 4) is 0 Å². The summed E-state index contributed by atoms with van der Waals surface area (Å²) >= 11 is 12.0. The van der Waals surface area contributed by atoms with Gasteiger partial charge in [0, 0.05) is 43.2 Å². The van der Waals surface area contributed by atoms with Crippen molar-refractivity contribution < 1.29 is 18.0 Å². The summed E-state index contributed by atoms with van der Waals surface area (Å²) < 4.78 is 27.2. The van der Waals surface area contributed by atoms with Gasteiger partial charge in [-0.2, -0.15) is 4.31 Å². The summed E-state index contributed by atoms with van der Waals surface area (Å²) in [6.45, 7) is 2.17. The molecular weight excluding hydrogens is 451 g/mol.